The van der Waals surface area contributed by atoms with Gasteiger partial charge in [0.05, 0.1) is 0 Å². The van der Waals surface area contributed by atoms with Crippen molar-refractivity contribution in [3.8, 4) is 0 Å². The summed E-state index contributed by atoms with van der Waals surface area (Å²) in [6.07, 6.45) is 0. The number of likely N-dealkylation sites (N-methyl/N-ethyl adjacent to an activating group) is 1. The third-order valence-electron chi connectivity index (χ3n) is 3.79. The molecule has 0 saturated carbocycles. The molecule has 0 aromatic heterocycles. The number of benzene rings is 1. The number of nitrogens with zero attached hydrogens (tertiary/aromatic N) is 2. The van der Waals surface area contributed by atoms with Crippen molar-refractivity contribution in [2.45, 2.75) is 12.7 Å². The molecule has 1 fully saturated rings. The van der Waals surface area contributed by atoms with E-state index < -0.39 is 11.8 Å². The van der Waals surface area contributed by atoms with E-state index in [9.17, 15) is 14.4 Å². The average molecular weight is 349 g/mol. The summed E-state index contributed by atoms with van der Waals surface area (Å²) in [7, 11) is 0. The minimum atomic E-state index is -0.586. The van der Waals surface area contributed by atoms with Crippen LogP contribution in [0, 0.1) is 0 Å². The van der Waals surface area contributed by atoms with Gasteiger partial charge in [0.25, 0.3) is 0 Å². The van der Waals surface area contributed by atoms with Crippen LogP contribution in [0.25, 0.3) is 0 Å². The van der Waals surface area contributed by atoms with E-state index >= 15 is 0 Å². The molecule has 1 aliphatic heterocycles. The van der Waals surface area contributed by atoms with Gasteiger partial charge in [-0.1, -0.05) is 30.3 Å². The number of amides is 3. The zero-order valence-electron chi connectivity index (χ0n) is 13.9. The zero-order chi connectivity index (χ0) is 17.4. The second-order valence-corrected chi connectivity index (χ2v) is 6.60. The summed E-state index contributed by atoms with van der Waals surface area (Å²) in [5.41, 5.74) is 1.26. The van der Waals surface area contributed by atoms with E-state index in [0.29, 0.717) is 26.2 Å². The summed E-state index contributed by atoms with van der Waals surface area (Å²) in [4.78, 5) is 38.4. The number of hydrogen-bond acceptors (Lipinski definition) is 4. The average Bonchev–Trinajstić information content (AvgIpc) is 2.60. The van der Waals surface area contributed by atoms with Crippen molar-refractivity contribution >= 4 is 29.5 Å². The molecule has 0 radical (unpaired) electrons. The van der Waals surface area contributed by atoms with E-state index in [1.807, 2.05) is 25.1 Å². The van der Waals surface area contributed by atoms with Gasteiger partial charge >= 0.3 is 11.8 Å². The molecule has 0 aliphatic carbocycles. The molecule has 1 aromatic rings. The maximum Gasteiger partial charge on any atom is 0.312 e. The Bertz CT molecular complexity index is 580. The van der Waals surface area contributed by atoms with E-state index in [2.05, 4.69) is 17.4 Å². The van der Waals surface area contributed by atoms with Crippen LogP contribution in [-0.2, 0) is 20.1 Å². The molecule has 3 amide bonds. The SMILES string of the molecule is CCN1CCN(CC(=O)NCCSCc2ccccc2)C(=O)C1=O. The van der Waals surface area contributed by atoms with Gasteiger partial charge in [-0.15, -0.1) is 0 Å². The molecular weight excluding hydrogens is 326 g/mol. The number of rotatable bonds is 8. The molecule has 1 heterocycles. The first-order valence-electron chi connectivity index (χ1n) is 8.08. The van der Waals surface area contributed by atoms with E-state index in [4.69, 9.17) is 0 Å². The summed E-state index contributed by atoms with van der Waals surface area (Å²) in [6.45, 7) is 3.75. The van der Waals surface area contributed by atoms with Crippen LogP contribution in [0.4, 0.5) is 0 Å². The number of piperazine rings is 1. The van der Waals surface area contributed by atoms with Gasteiger partial charge < -0.3 is 15.1 Å². The molecule has 0 unspecified atom stereocenters. The quantitative estimate of drug-likeness (QED) is 0.555. The molecule has 0 spiro atoms. The van der Waals surface area contributed by atoms with Crippen LogP contribution in [0.15, 0.2) is 30.3 Å². The second-order valence-electron chi connectivity index (χ2n) is 5.50. The zero-order valence-corrected chi connectivity index (χ0v) is 14.7. The third kappa shape index (κ3) is 5.26. The maximum atomic E-state index is 11.9. The molecule has 0 bridgehead atoms. The van der Waals surface area contributed by atoms with Crippen LogP contribution < -0.4 is 5.32 Å². The Kier molecular flexibility index (Phi) is 7.11. The Morgan fingerprint density at radius 3 is 2.50 bits per heavy atom. The van der Waals surface area contributed by atoms with Gasteiger partial charge in [0.2, 0.25) is 5.91 Å². The van der Waals surface area contributed by atoms with Crippen molar-refractivity contribution in [3.05, 3.63) is 35.9 Å². The van der Waals surface area contributed by atoms with Crippen LogP contribution in [0.2, 0.25) is 0 Å². The highest BCUT2D eigenvalue weighted by atomic mass is 32.2. The van der Waals surface area contributed by atoms with Crippen LogP contribution in [0.3, 0.4) is 0 Å². The van der Waals surface area contributed by atoms with E-state index in [1.54, 1.807) is 11.8 Å². The van der Waals surface area contributed by atoms with Crippen molar-refractivity contribution in [1.82, 2.24) is 15.1 Å². The highest BCUT2D eigenvalue weighted by Gasteiger charge is 2.32. The summed E-state index contributed by atoms with van der Waals surface area (Å²) in [6, 6.07) is 10.2. The maximum absolute atomic E-state index is 11.9. The number of carbonyl (C=O) groups excluding carboxylic acids is 3. The summed E-state index contributed by atoms with van der Waals surface area (Å²) in [5, 5.41) is 2.80. The monoisotopic (exact) mass is 349 g/mol. The first-order valence-corrected chi connectivity index (χ1v) is 9.23. The second kappa shape index (κ2) is 9.32. The molecule has 1 aliphatic rings. The predicted molar refractivity (Wildman–Crippen MR) is 94.4 cm³/mol. The molecule has 1 N–H and O–H groups in total. The highest BCUT2D eigenvalue weighted by molar-refractivity contribution is 7.98. The molecule has 2 rings (SSSR count). The van der Waals surface area contributed by atoms with Crippen LogP contribution in [0.1, 0.15) is 12.5 Å². The fourth-order valence-electron chi connectivity index (χ4n) is 2.42. The lowest BCUT2D eigenvalue weighted by molar-refractivity contribution is -0.156. The molecular formula is C17H23N3O3S. The van der Waals surface area contributed by atoms with Gasteiger partial charge in [0, 0.05) is 37.7 Å². The summed E-state index contributed by atoms with van der Waals surface area (Å²) in [5.74, 6) is 0.382. The van der Waals surface area contributed by atoms with Crippen LogP contribution >= 0.6 is 11.8 Å². The largest absolute Gasteiger partial charge is 0.354 e. The lowest BCUT2D eigenvalue weighted by atomic mass is 10.2. The Morgan fingerprint density at radius 2 is 1.79 bits per heavy atom. The topological polar surface area (TPSA) is 69.7 Å². The van der Waals surface area contributed by atoms with Crippen molar-refractivity contribution in [2.24, 2.45) is 0 Å². The first kappa shape index (κ1) is 18.3. The minimum absolute atomic E-state index is 0.0501. The Hall–Kier alpha value is -2.02. The lowest BCUT2D eigenvalue weighted by Crippen LogP contribution is -2.56. The number of thioether (sulfide) groups is 1. The van der Waals surface area contributed by atoms with E-state index in [1.165, 1.54) is 15.4 Å². The molecule has 1 saturated heterocycles. The van der Waals surface area contributed by atoms with Crippen LogP contribution in [-0.4, -0.2) is 66.0 Å². The predicted octanol–water partition coefficient (Wildman–Crippen LogP) is 0.727. The Morgan fingerprint density at radius 1 is 1.12 bits per heavy atom. The summed E-state index contributed by atoms with van der Waals surface area (Å²) < 4.78 is 0. The van der Waals surface area contributed by atoms with Gasteiger partial charge in [0.1, 0.15) is 6.54 Å². The fraction of sp³-hybridized carbons (Fsp3) is 0.471. The number of carbonyl (C=O) groups is 3. The lowest BCUT2D eigenvalue weighted by Gasteiger charge is -2.32. The number of nitrogens with one attached hydrogen (secondary N) is 1. The molecule has 1 aromatic carbocycles. The molecule has 6 nitrogen and oxygen atoms in total. The van der Waals surface area contributed by atoms with E-state index in [-0.39, 0.29) is 12.5 Å². The molecule has 7 heteroatoms. The molecule has 130 valence electrons. The fourth-order valence-corrected chi connectivity index (χ4v) is 3.24. The van der Waals surface area contributed by atoms with Crippen LogP contribution in [0.5, 0.6) is 0 Å². The van der Waals surface area contributed by atoms with Crippen molar-refractivity contribution in [1.29, 1.82) is 0 Å². The summed E-state index contributed by atoms with van der Waals surface area (Å²) >= 11 is 1.74. The van der Waals surface area contributed by atoms with Crippen molar-refractivity contribution in [3.63, 3.8) is 0 Å². The van der Waals surface area contributed by atoms with Gasteiger partial charge in [-0.05, 0) is 12.5 Å². The Balaban J connectivity index is 1.63. The highest BCUT2D eigenvalue weighted by Crippen LogP contribution is 2.10. The normalized spacial score (nSPS) is 14.9. The minimum Gasteiger partial charge on any atom is -0.354 e. The van der Waals surface area contributed by atoms with Crippen molar-refractivity contribution < 1.29 is 14.4 Å². The smallest absolute Gasteiger partial charge is 0.312 e. The third-order valence-corrected chi connectivity index (χ3v) is 4.82. The number of hydrogen-bond donors (Lipinski definition) is 1. The van der Waals surface area contributed by atoms with Crippen molar-refractivity contribution in [2.75, 3.05) is 38.5 Å². The van der Waals surface area contributed by atoms with Gasteiger partial charge in [-0.3, -0.25) is 14.4 Å². The Labute approximate surface area is 146 Å². The van der Waals surface area contributed by atoms with Gasteiger partial charge in [-0.2, -0.15) is 11.8 Å². The first-order chi connectivity index (χ1) is 11.6. The van der Waals surface area contributed by atoms with E-state index in [0.717, 1.165) is 11.5 Å². The molecule has 0 atom stereocenters. The van der Waals surface area contributed by atoms with Gasteiger partial charge in [-0.25, -0.2) is 0 Å². The molecule has 24 heavy (non-hydrogen) atoms. The standard InChI is InChI=1S/C17H23N3O3S/c1-2-19-9-10-20(17(23)16(19)22)12-15(21)18-8-11-24-13-14-6-4-3-5-7-14/h3-7H,2,8-13H2,1H3,(H,18,21). The van der Waals surface area contributed by atoms with Gasteiger partial charge in [0.15, 0.2) is 0 Å².